The summed E-state index contributed by atoms with van der Waals surface area (Å²) in [4.78, 5) is 27.9. The molecule has 2 aromatic rings. The Hall–Kier alpha value is -1.34. The maximum atomic E-state index is 12.3. The molecule has 2 aromatic heterocycles. The fourth-order valence-electron chi connectivity index (χ4n) is 1.59. The molecular formula is C11H12N2O3S2. The molecule has 0 aliphatic rings. The molecule has 0 aliphatic carbocycles. The predicted molar refractivity (Wildman–Crippen MR) is 72.6 cm³/mol. The van der Waals surface area contributed by atoms with Gasteiger partial charge in [-0.05, 0) is 25.3 Å². The van der Waals surface area contributed by atoms with Crippen LogP contribution >= 0.6 is 23.1 Å². The Morgan fingerprint density at radius 1 is 1.61 bits per heavy atom. The van der Waals surface area contributed by atoms with Crippen LogP contribution in [0.1, 0.15) is 19.9 Å². The first-order valence-electron chi connectivity index (χ1n) is 5.35. The Morgan fingerprint density at radius 2 is 2.33 bits per heavy atom. The number of hydrogen-bond acceptors (Lipinski definition) is 5. The van der Waals surface area contributed by atoms with Gasteiger partial charge < -0.3 is 5.11 Å². The maximum absolute atomic E-state index is 12.3. The van der Waals surface area contributed by atoms with Gasteiger partial charge in [0.15, 0.2) is 5.16 Å². The first kappa shape index (κ1) is 13.1. The normalized spacial score (nSPS) is 11.3. The minimum atomic E-state index is -0.921. The second-order valence-electron chi connectivity index (χ2n) is 3.99. The summed E-state index contributed by atoms with van der Waals surface area (Å²) in [5.74, 6) is -1.02. The fourth-order valence-corrected chi connectivity index (χ4v) is 3.25. The molecule has 96 valence electrons. The van der Waals surface area contributed by atoms with E-state index in [-0.39, 0.29) is 17.4 Å². The van der Waals surface area contributed by atoms with E-state index < -0.39 is 5.97 Å². The van der Waals surface area contributed by atoms with E-state index in [1.165, 1.54) is 11.3 Å². The zero-order valence-electron chi connectivity index (χ0n) is 9.91. The zero-order chi connectivity index (χ0) is 13.3. The van der Waals surface area contributed by atoms with Crippen molar-refractivity contribution in [2.24, 2.45) is 0 Å². The molecule has 0 bridgehead atoms. The lowest BCUT2D eigenvalue weighted by Gasteiger charge is -2.14. The molecule has 0 unspecified atom stereocenters. The van der Waals surface area contributed by atoms with E-state index in [1.807, 2.05) is 19.2 Å². The number of nitrogens with zero attached hydrogens (tertiary/aromatic N) is 2. The topological polar surface area (TPSA) is 72.2 Å². The monoisotopic (exact) mass is 284 g/mol. The van der Waals surface area contributed by atoms with Crippen molar-refractivity contribution in [1.29, 1.82) is 0 Å². The van der Waals surface area contributed by atoms with Crippen molar-refractivity contribution in [3.05, 3.63) is 21.8 Å². The van der Waals surface area contributed by atoms with Crippen LogP contribution in [0.3, 0.4) is 0 Å². The number of carboxylic acid groups (broad SMARTS) is 1. The van der Waals surface area contributed by atoms with Crippen molar-refractivity contribution >= 4 is 39.3 Å². The third-order valence-corrected chi connectivity index (χ3v) is 4.08. The lowest BCUT2D eigenvalue weighted by atomic mass is 10.3. The van der Waals surface area contributed by atoms with Gasteiger partial charge >= 0.3 is 5.97 Å². The van der Waals surface area contributed by atoms with Crippen LogP contribution < -0.4 is 5.56 Å². The van der Waals surface area contributed by atoms with E-state index in [0.29, 0.717) is 15.4 Å². The molecule has 1 N–H and O–H groups in total. The summed E-state index contributed by atoms with van der Waals surface area (Å²) in [6.07, 6.45) is 0. The predicted octanol–water partition coefficient (Wildman–Crippen LogP) is 2.22. The van der Waals surface area contributed by atoms with Crippen LogP contribution in [-0.4, -0.2) is 26.4 Å². The van der Waals surface area contributed by atoms with Gasteiger partial charge in [-0.1, -0.05) is 11.8 Å². The smallest absolute Gasteiger partial charge is 0.313 e. The number of carboxylic acids is 1. The third-order valence-electron chi connectivity index (χ3n) is 2.34. The molecule has 0 atom stereocenters. The van der Waals surface area contributed by atoms with Crippen molar-refractivity contribution in [2.75, 3.05) is 5.75 Å². The number of fused-ring (bicyclic) bond motifs is 1. The number of aliphatic carboxylic acids is 1. The van der Waals surface area contributed by atoms with Gasteiger partial charge in [0, 0.05) is 6.04 Å². The van der Waals surface area contributed by atoms with Gasteiger partial charge in [0.25, 0.3) is 5.56 Å². The molecule has 2 heterocycles. The van der Waals surface area contributed by atoms with Crippen molar-refractivity contribution in [1.82, 2.24) is 9.55 Å². The number of aromatic nitrogens is 2. The van der Waals surface area contributed by atoms with Crippen LogP contribution in [0.5, 0.6) is 0 Å². The van der Waals surface area contributed by atoms with Crippen LogP contribution in [-0.2, 0) is 4.79 Å². The molecule has 0 aliphatic heterocycles. The standard InChI is InChI=1S/C11H12N2O3S2/c1-6(2)13-10(16)7-3-4-17-9(7)12-11(13)18-5-8(14)15/h3-4,6H,5H2,1-2H3,(H,14,15). The van der Waals surface area contributed by atoms with Crippen molar-refractivity contribution in [3.8, 4) is 0 Å². The molecule has 5 nitrogen and oxygen atoms in total. The van der Waals surface area contributed by atoms with Crippen molar-refractivity contribution in [2.45, 2.75) is 25.0 Å². The van der Waals surface area contributed by atoms with Gasteiger partial charge in [0.2, 0.25) is 0 Å². The van der Waals surface area contributed by atoms with E-state index in [2.05, 4.69) is 4.98 Å². The van der Waals surface area contributed by atoms with E-state index in [4.69, 9.17) is 5.11 Å². The Balaban J connectivity index is 2.58. The quantitative estimate of drug-likeness (QED) is 0.688. The number of thiophene rings is 1. The molecular weight excluding hydrogens is 272 g/mol. The first-order valence-corrected chi connectivity index (χ1v) is 7.21. The molecule has 0 saturated carbocycles. The molecule has 0 saturated heterocycles. The zero-order valence-corrected chi connectivity index (χ0v) is 11.5. The van der Waals surface area contributed by atoms with E-state index in [1.54, 1.807) is 10.6 Å². The SMILES string of the molecule is CC(C)n1c(SCC(=O)O)nc2sccc2c1=O. The molecule has 0 amide bonds. The largest absolute Gasteiger partial charge is 0.481 e. The highest BCUT2D eigenvalue weighted by Gasteiger charge is 2.15. The van der Waals surface area contributed by atoms with Crippen LogP contribution in [0.2, 0.25) is 0 Å². The fraction of sp³-hybridized carbons (Fsp3) is 0.364. The number of carbonyl (C=O) groups is 1. The summed E-state index contributed by atoms with van der Waals surface area (Å²) in [6.45, 7) is 3.76. The molecule has 0 spiro atoms. The Labute approximate surface area is 111 Å². The van der Waals surface area contributed by atoms with Crippen molar-refractivity contribution < 1.29 is 9.90 Å². The maximum Gasteiger partial charge on any atom is 0.313 e. The summed E-state index contributed by atoms with van der Waals surface area (Å²) >= 11 is 2.46. The molecule has 0 aromatic carbocycles. The number of thioether (sulfide) groups is 1. The van der Waals surface area contributed by atoms with Crippen LogP contribution in [0.25, 0.3) is 10.2 Å². The lowest BCUT2D eigenvalue weighted by molar-refractivity contribution is -0.133. The molecule has 0 radical (unpaired) electrons. The van der Waals surface area contributed by atoms with Crippen molar-refractivity contribution in [3.63, 3.8) is 0 Å². The van der Waals surface area contributed by atoms with Gasteiger partial charge in [-0.15, -0.1) is 11.3 Å². The third kappa shape index (κ3) is 2.41. The Kier molecular flexibility index (Phi) is 3.72. The molecule has 18 heavy (non-hydrogen) atoms. The second-order valence-corrected chi connectivity index (χ2v) is 5.82. The molecule has 7 heteroatoms. The number of rotatable bonds is 4. The average molecular weight is 284 g/mol. The van der Waals surface area contributed by atoms with Crippen LogP contribution in [0, 0.1) is 0 Å². The average Bonchev–Trinajstić information content (AvgIpc) is 2.74. The van der Waals surface area contributed by atoms with Crippen LogP contribution in [0.4, 0.5) is 0 Å². The minimum absolute atomic E-state index is 0.0504. The summed E-state index contributed by atoms with van der Waals surface area (Å²) in [6, 6.07) is 1.70. The van der Waals surface area contributed by atoms with Gasteiger partial charge in [-0.3, -0.25) is 14.2 Å². The first-order chi connectivity index (χ1) is 8.50. The highest BCUT2D eigenvalue weighted by Crippen LogP contribution is 2.23. The summed E-state index contributed by atoms with van der Waals surface area (Å²) < 4.78 is 1.54. The van der Waals surface area contributed by atoms with Gasteiger partial charge in [0.1, 0.15) is 4.83 Å². The number of hydrogen-bond donors (Lipinski definition) is 1. The Morgan fingerprint density at radius 3 is 2.94 bits per heavy atom. The lowest BCUT2D eigenvalue weighted by Crippen LogP contribution is -2.24. The molecule has 0 fully saturated rings. The van der Waals surface area contributed by atoms with Gasteiger partial charge in [0.05, 0.1) is 11.1 Å². The summed E-state index contributed by atoms with van der Waals surface area (Å²) in [7, 11) is 0. The highest BCUT2D eigenvalue weighted by molar-refractivity contribution is 7.99. The minimum Gasteiger partial charge on any atom is -0.481 e. The summed E-state index contributed by atoms with van der Waals surface area (Å²) in [5, 5.41) is 11.6. The van der Waals surface area contributed by atoms with Gasteiger partial charge in [-0.2, -0.15) is 0 Å². The second kappa shape index (κ2) is 5.11. The summed E-state index contributed by atoms with van der Waals surface area (Å²) in [5.41, 5.74) is -0.107. The van der Waals surface area contributed by atoms with Gasteiger partial charge in [-0.25, -0.2) is 4.98 Å². The van der Waals surface area contributed by atoms with Crippen LogP contribution in [0.15, 0.2) is 21.4 Å². The van der Waals surface area contributed by atoms with E-state index >= 15 is 0 Å². The molecule has 2 rings (SSSR count). The van der Waals surface area contributed by atoms with E-state index in [0.717, 1.165) is 11.8 Å². The van der Waals surface area contributed by atoms with E-state index in [9.17, 15) is 9.59 Å². The Bertz CT molecular complexity index is 645. The highest BCUT2D eigenvalue weighted by atomic mass is 32.2.